The van der Waals surface area contributed by atoms with Crippen LogP contribution in [0, 0.1) is 11.3 Å². The lowest BCUT2D eigenvalue weighted by Crippen LogP contribution is -2.42. The van der Waals surface area contributed by atoms with E-state index < -0.39 is 23.4 Å². The lowest BCUT2D eigenvalue weighted by atomic mass is 9.83. The Labute approximate surface area is 208 Å². The zero-order valence-corrected chi connectivity index (χ0v) is 20.0. The van der Waals surface area contributed by atoms with Crippen LogP contribution in [0.5, 0.6) is 0 Å². The number of hydrogen-bond donors (Lipinski definition) is 2. The third-order valence-electron chi connectivity index (χ3n) is 5.48. The van der Waals surface area contributed by atoms with Crippen LogP contribution in [-0.4, -0.2) is 23.6 Å². The van der Waals surface area contributed by atoms with E-state index in [9.17, 15) is 19.6 Å². The maximum atomic E-state index is 13.6. The molecule has 1 amide bonds. The molecule has 0 spiro atoms. The molecule has 0 radical (unpaired) electrons. The molecule has 2 heterocycles. The maximum Gasteiger partial charge on any atom is 0.332 e. The number of methoxy groups -OCH3 is 1. The van der Waals surface area contributed by atoms with E-state index in [1.807, 2.05) is 30.3 Å². The smallest absolute Gasteiger partial charge is 0.332 e. The van der Waals surface area contributed by atoms with Crippen molar-refractivity contribution in [2.75, 3.05) is 7.11 Å². The summed E-state index contributed by atoms with van der Waals surface area (Å²) < 4.78 is 5.95. The predicted octanol–water partition coefficient (Wildman–Crippen LogP) is 1.43. The lowest BCUT2D eigenvalue weighted by Gasteiger charge is -2.26. The second-order valence-electron chi connectivity index (χ2n) is 7.53. The number of fused-ring (bicyclic) bond motifs is 1. The largest absolute Gasteiger partial charge is 0.466 e. The lowest BCUT2D eigenvalue weighted by molar-refractivity contribution is -0.133. The first-order chi connectivity index (χ1) is 16.9. The van der Waals surface area contributed by atoms with Crippen molar-refractivity contribution in [3.63, 3.8) is 0 Å². The standard InChI is InChI=1S/C25H19ClN4O4S/c1-34-19(31)11-18-24(33)30-22(28)16(12-27)20(15-9-5-6-10-17(15)26)21(25(30)35-18)23(32)29-13-14-7-3-2-4-8-14/h2-11,20H,13,28H2,1H3,(H,29,32). The average molecular weight is 507 g/mol. The van der Waals surface area contributed by atoms with Gasteiger partial charge in [0.1, 0.15) is 15.0 Å². The fourth-order valence-electron chi connectivity index (χ4n) is 3.83. The number of rotatable bonds is 5. The van der Waals surface area contributed by atoms with E-state index in [4.69, 9.17) is 17.3 Å². The number of amides is 1. The molecule has 176 valence electrons. The van der Waals surface area contributed by atoms with Crippen LogP contribution in [0.25, 0.3) is 17.5 Å². The fraction of sp³-hybridized carbons (Fsp3) is 0.120. The highest BCUT2D eigenvalue weighted by atomic mass is 35.5. The number of esters is 1. The molecule has 1 aliphatic rings. The molecule has 0 saturated carbocycles. The van der Waals surface area contributed by atoms with Crippen molar-refractivity contribution in [2.24, 2.45) is 5.73 Å². The Morgan fingerprint density at radius 3 is 2.57 bits per heavy atom. The molecule has 2 aromatic carbocycles. The molecule has 0 fully saturated rings. The molecule has 35 heavy (non-hydrogen) atoms. The summed E-state index contributed by atoms with van der Waals surface area (Å²) in [6, 6.07) is 18.2. The average Bonchev–Trinajstić information content (AvgIpc) is 3.19. The van der Waals surface area contributed by atoms with E-state index in [1.54, 1.807) is 24.3 Å². The minimum atomic E-state index is -0.923. The first-order valence-corrected chi connectivity index (χ1v) is 11.6. The number of nitriles is 1. The van der Waals surface area contributed by atoms with E-state index in [-0.39, 0.29) is 32.7 Å². The van der Waals surface area contributed by atoms with Crippen molar-refractivity contribution in [3.8, 4) is 6.07 Å². The molecule has 1 aliphatic heterocycles. The molecule has 8 nitrogen and oxygen atoms in total. The highest BCUT2D eigenvalue weighted by molar-refractivity contribution is 7.07. The quantitative estimate of drug-likeness (QED) is 0.504. The Morgan fingerprint density at radius 2 is 1.91 bits per heavy atom. The van der Waals surface area contributed by atoms with E-state index in [0.29, 0.717) is 10.6 Å². The monoisotopic (exact) mass is 506 g/mol. The van der Waals surface area contributed by atoms with Crippen LogP contribution >= 0.6 is 22.9 Å². The number of benzene rings is 2. The first kappa shape index (κ1) is 24.0. The molecule has 0 aliphatic carbocycles. The fourth-order valence-corrected chi connectivity index (χ4v) is 5.21. The van der Waals surface area contributed by atoms with Crippen molar-refractivity contribution in [3.05, 3.63) is 95.9 Å². The third-order valence-corrected chi connectivity index (χ3v) is 6.93. The number of halogens is 1. The number of aromatic nitrogens is 1. The molecule has 4 rings (SSSR count). The van der Waals surface area contributed by atoms with Crippen molar-refractivity contribution >= 4 is 52.3 Å². The molecule has 10 heteroatoms. The molecule has 1 atom stereocenters. The topological polar surface area (TPSA) is 127 Å². The Balaban J connectivity index is 2.00. The van der Waals surface area contributed by atoms with Crippen LogP contribution in [0.1, 0.15) is 17.0 Å². The summed E-state index contributed by atoms with van der Waals surface area (Å²) in [6.45, 7) is 0.219. The molecule has 3 aromatic rings. The van der Waals surface area contributed by atoms with Crippen molar-refractivity contribution in [2.45, 2.75) is 12.5 Å². The van der Waals surface area contributed by atoms with Gasteiger partial charge in [0, 0.05) is 17.6 Å². The number of allylic oxidation sites excluding steroid dienone is 1. The molecule has 0 saturated heterocycles. The summed E-state index contributed by atoms with van der Waals surface area (Å²) in [6.07, 6.45) is 1.03. The van der Waals surface area contributed by atoms with Crippen molar-refractivity contribution in [1.29, 1.82) is 5.26 Å². The van der Waals surface area contributed by atoms with Crippen LogP contribution < -0.4 is 25.8 Å². The third kappa shape index (κ3) is 4.49. The Hall–Kier alpha value is -4.13. The second kappa shape index (κ2) is 10.0. The van der Waals surface area contributed by atoms with Crippen molar-refractivity contribution < 1.29 is 14.3 Å². The first-order valence-electron chi connectivity index (χ1n) is 10.4. The van der Waals surface area contributed by atoms with Gasteiger partial charge in [-0.25, -0.2) is 4.79 Å². The Morgan fingerprint density at radius 1 is 1.23 bits per heavy atom. The van der Waals surface area contributed by atoms with Crippen LogP contribution in [0.2, 0.25) is 5.02 Å². The molecule has 1 unspecified atom stereocenters. The number of thiazole rings is 1. The van der Waals surface area contributed by atoms with Crippen LogP contribution in [0.4, 0.5) is 0 Å². The zero-order chi connectivity index (χ0) is 25.1. The van der Waals surface area contributed by atoms with Gasteiger partial charge in [-0.3, -0.25) is 14.2 Å². The van der Waals surface area contributed by atoms with Crippen LogP contribution in [-0.2, 0) is 20.9 Å². The number of ether oxygens (including phenoxy) is 1. The summed E-state index contributed by atoms with van der Waals surface area (Å²) in [5.41, 5.74) is 7.15. The summed E-state index contributed by atoms with van der Waals surface area (Å²) in [5, 5.41) is 13.2. The number of carbonyl (C=O) groups is 2. The highest BCUT2D eigenvalue weighted by Crippen LogP contribution is 2.39. The Kier molecular flexibility index (Phi) is 6.87. The minimum absolute atomic E-state index is 0.0000193. The van der Waals surface area contributed by atoms with Gasteiger partial charge in [0.25, 0.3) is 11.5 Å². The summed E-state index contributed by atoms with van der Waals surface area (Å²) in [7, 11) is 1.19. The van der Waals surface area contributed by atoms with Crippen LogP contribution in [0.3, 0.4) is 0 Å². The van der Waals surface area contributed by atoms with E-state index >= 15 is 0 Å². The van der Waals surface area contributed by atoms with E-state index in [2.05, 4.69) is 16.1 Å². The Bertz CT molecular complexity index is 1580. The van der Waals surface area contributed by atoms with Crippen molar-refractivity contribution in [1.82, 2.24) is 9.88 Å². The van der Waals surface area contributed by atoms with Gasteiger partial charge in [-0.1, -0.05) is 60.1 Å². The molecular formula is C25H19ClN4O4S. The number of hydrogen-bond acceptors (Lipinski definition) is 7. The number of nitrogens with two attached hydrogens (primary N) is 1. The van der Waals surface area contributed by atoms with Crippen LogP contribution in [0.15, 0.2) is 65.0 Å². The molecule has 0 bridgehead atoms. The molecule has 3 N–H and O–H groups in total. The van der Waals surface area contributed by atoms with Gasteiger partial charge in [-0.15, -0.1) is 11.3 Å². The zero-order valence-electron chi connectivity index (χ0n) is 18.4. The van der Waals surface area contributed by atoms with Gasteiger partial charge in [-0.05, 0) is 17.2 Å². The van der Waals surface area contributed by atoms with Gasteiger partial charge >= 0.3 is 5.97 Å². The highest BCUT2D eigenvalue weighted by Gasteiger charge is 2.36. The normalized spacial score (nSPS) is 15.4. The van der Waals surface area contributed by atoms with Gasteiger partial charge in [0.2, 0.25) is 0 Å². The second-order valence-corrected chi connectivity index (χ2v) is 8.96. The SMILES string of the molecule is COC(=O)C=c1sc2n(c1=O)C(N)=C(C#N)C(c1ccccc1Cl)C=2C(=O)NCc1ccccc1. The van der Waals surface area contributed by atoms with Gasteiger partial charge in [0.05, 0.1) is 30.2 Å². The number of nitrogens with zero attached hydrogens (tertiary/aromatic N) is 2. The van der Waals surface area contributed by atoms with Gasteiger partial charge in [0.15, 0.2) is 0 Å². The molecular weight excluding hydrogens is 488 g/mol. The summed E-state index contributed by atoms with van der Waals surface area (Å²) in [4.78, 5) is 38.6. The molecule has 1 aromatic heterocycles. The minimum Gasteiger partial charge on any atom is -0.466 e. The predicted molar refractivity (Wildman–Crippen MR) is 133 cm³/mol. The number of nitrogens with one attached hydrogen (secondary N) is 1. The maximum absolute atomic E-state index is 13.6. The number of carbonyl (C=O) groups excluding carboxylic acids is 2. The van der Waals surface area contributed by atoms with Gasteiger partial charge in [-0.2, -0.15) is 5.26 Å². The summed E-state index contributed by atoms with van der Waals surface area (Å²) >= 11 is 7.39. The van der Waals surface area contributed by atoms with E-state index in [1.165, 1.54) is 7.11 Å². The van der Waals surface area contributed by atoms with E-state index in [0.717, 1.165) is 27.5 Å². The summed E-state index contributed by atoms with van der Waals surface area (Å²) in [5.74, 6) is -2.29. The van der Waals surface area contributed by atoms with Gasteiger partial charge < -0.3 is 15.8 Å².